The minimum Gasteiger partial charge on any atom is -0.480 e. The zero-order valence-corrected chi connectivity index (χ0v) is 22.2. The number of carbonyl (C=O) groups excluding carboxylic acids is 1. The van der Waals surface area contributed by atoms with Gasteiger partial charge in [0.2, 0.25) is 0 Å². The van der Waals surface area contributed by atoms with Crippen molar-refractivity contribution in [2.24, 2.45) is 5.41 Å². The molecule has 2 aliphatic heterocycles. The molecule has 200 valence electrons. The quantitative estimate of drug-likeness (QED) is 0.510. The number of benzene rings is 2. The number of carbonyl (C=O) groups is 1. The molecule has 5 nitrogen and oxygen atoms in total. The second-order valence-electron chi connectivity index (χ2n) is 11.1. The molecule has 3 N–H and O–H groups in total. The van der Waals surface area contributed by atoms with Crippen LogP contribution in [0.25, 0.3) is 5.57 Å². The van der Waals surface area contributed by atoms with E-state index in [2.05, 4.69) is 10.6 Å². The van der Waals surface area contributed by atoms with Crippen molar-refractivity contribution in [3.8, 4) is 5.75 Å². The van der Waals surface area contributed by atoms with E-state index in [1.165, 1.54) is 13.1 Å². The maximum absolute atomic E-state index is 16.8. The molecule has 2 aromatic carbocycles. The van der Waals surface area contributed by atoms with Crippen molar-refractivity contribution in [2.75, 3.05) is 13.6 Å². The van der Waals surface area contributed by atoms with Crippen molar-refractivity contribution in [3.05, 3.63) is 81.2 Å². The van der Waals surface area contributed by atoms with Crippen LogP contribution in [0.4, 0.5) is 8.78 Å². The lowest BCUT2D eigenvalue weighted by Gasteiger charge is -2.37. The van der Waals surface area contributed by atoms with Gasteiger partial charge in [-0.05, 0) is 43.9 Å². The van der Waals surface area contributed by atoms with Crippen LogP contribution in [-0.2, 0) is 16.8 Å². The van der Waals surface area contributed by atoms with Gasteiger partial charge in [0.15, 0.2) is 5.60 Å². The number of aliphatic hydroxyl groups excluding tert-OH is 1. The highest BCUT2D eigenvalue weighted by Gasteiger charge is 2.54. The van der Waals surface area contributed by atoms with Gasteiger partial charge in [-0.3, -0.25) is 4.79 Å². The number of amides is 1. The Bertz CT molecular complexity index is 1370. The second-order valence-corrected chi connectivity index (χ2v) is 11.5. The van der Waals surface area contributed by atoms with Gasteiger partial charge in [-0.25, -0.2) is 8.78 Å². The standard InChI is InChI=1S/C30H31ClF2N2O3/c1-29-14-18(36)11-17(29)12-19(28(37)34-2)25(27(29)33)24-20-15-30(23-9-6-10-35-23,16-7-4-3-5-8-16)38-22(20)13-21(32)26(24)31/h3-5,7-8,12-13,18,23,27,35-36H,6,9-11,14-15H2,1-2H3,(H,34,37)/t18?,23-,27?,29?,30-/m0/s1. The number of alkyl halides is 1. The molecule has 2 aromatic rings. The van der Waals surface area contributed by atoms with Crippen LogP contribution >= 0.6 is 11.6 Å². The Morgan fingerprint density at radius 1 is 1.29 bits per heavy atom. The van der Waals surface area contributed by atoms with E-state index in [0.717, 1.165) is 24.9 Å². The van der Waals surface area contributed by atoms with Crippen molar-refractivity contribution in [1.82, 2.24) is 10.6 Å². The molecular weight excluding hydrogens is 510 g/mol. The Labute approximate surface area is 225 Å². The summed E-state index contributed by atoms with van der Waals surface area (Å²) in [5.74, 6) is -0.911. The first kappa shape index (κ1) is 25.5. The van der Waals surface area contributed by atoms with Crippen molar-refractivity contribution in [3.63, 3.8) is 0 Å². The van der Waals surface area contributed by atoms with E-state index in [9.17, 15) is 9.90 Å². The topological polar surface area (TPSA) is 70.6 Å². The van der Waals surface area contributed by atoms with Gasteiger partial charge < -0.3 is 20.5 Å². The number of aliphatic hydroxyl groups is 1. The Morgan fingerprint density at radius 3 is 2.74 bits per heavy atom. The zero-order chi connectivity index (χ0) is 26.8. The predicted molar refractivity (Wildman–Crippen MR) is 142 cm³/mol. The normalized spacial score (nSPS) is 32.1. The smallest absolute Gasteiger partial charge is 0.251 e. The van der Waals surface area contributed by atoms with Gasteiger partial charge in [-0.2, -0.15) is 0 Å². The summed E-state index contributed by atoms with van der Waals surface area (Å²) in [6.07, 6.45) is 1.95. The van der Waals surface area contributed by atoms with Gasteiger partial charge in [0.05, 0.1) is 17.2 Å². The largest absolute Gasteiger partial charge is 0.480 e. The third-order valence-corrected chi connectivity index (χ3v) is 9.28. The molecule has 1 saturated heterocycles. The lowest BCUT2D eigenvalue weighted by molar-refractivity contribution is -0.116. The van der Waals surface area contributed by atoms with E-state index in [1.54, 1.807) is 13.0 Å². The van der Waals surface area contributed by atoms with Crippen LogP contribution in [0.5, 0.6) is 5.75 Å². The lowest BCUT2D eigenvalue weighted by atomic mass is 9.69. The van der Waals surface area contributed by atoms with Gasteiger partial charge in [0.1, 0.15) is 17.7 Å². The molecule has 2 aliphatic carbocycles. The molecule has 1 saturated carbocycles. The number of ether oxygens (including phenoxy) is 1. The van der Waals surface area contributed by atoms with Crippen LogP contribution in [0.2, 0.25) is 5.02 Å². The van der Waals surface area contributed by atoms with E-state index in [4.69, 9.17) is 16.3 Å². The summed E-state index contributed by atoms with van der Waals surface area (Å²) in [6.45, 7) is 2.59. The SMILES string of the molecule is CNC(=O)C1=C(c2c(Cl)c(F)cc3c2C[C@](c2ccccc2)([C@@H]2CCCN2)O3)C(F)C2(C)CC(O)CC2=C1. The maximum atomic E-state index is 16.8. The number of allylic oxidation sites excluding steroid dienone is 1. The minimum absolute atomic E-state index is 0.0408. The summed E-state index contributed by atoms with van der Waals surface area (Å²) in [7, 11) is 1.48. The maximum Gasteiger partial charge on any atom is 0.251 e. The number of fused-ring (bicyclic) bond motifs is 2. The van der Waals surface area contributed by atoms with Gasteiger partial charge in [-0.15, -0.1) is 0 Å². The number of hydrogen-bond acceptors (Lipinski definition) is 4. The summed E-state index contributed by atoms with van der Waals surface area (Å²) in [6, 6.07) is 11.0. The third-order valence-electron chi connectivity index (χ3n) is 8.91. The monoisotopic (exact) mass is 540 g/mol. The van der Waals surface area contributed by atoms with Crippen molar-refractivity contribution in [1.29, 1.82) is 0 Å². The van der Waals surface area contributed by atoms with E-state index < -0.39 is 35.0 Å². The highest BCUT2D eigenvalue weighted by atomic mass is 35.5. The molecule has 8 heteroatoms. The second kappa shape index (κ2) is 9.18. The van der Waals surface area contributed by atoms with Gasteiger partial charge in [-0.1, -0.05) is 54.4 Å². The fraction of sp³-hybridized carbons (Fsp3) is 0.433. The molecule has 0 aromatic heterocycles. The van der Waals surface area contributed by atoms with Crippen molar-refractivity contribution in [2.45, 2.75) is 62.9 Å². The summed E-state index contributed by atoms with van der Waals surface area (Å²) in [5, 5.41) is 16.3. The zero-order valence-electron chi connectivity index (χ0n) is 21.4. The van der Waals surface area contributed by atoms with Crippen molar-refractivity contribution < 1.29 is 23.4 Å². The molecule has 38 heavy (non-hydrogen) atoms. The third kappa shape index (κ3) is 3.66. The number of halogens is 3. The predicted octanol–water partition coefficient (Wildman–Crippen LogP) is 5.00. The average molecular weight is 541 g/mol. The summed E-state index contributed by atoms with van der Waals surface area (Å²) < 4.78 is 38.9. The highest BCUT2D eigenvalue weighted by Crippen LogP contribution is 2.57. The summed E-state index contributed by atoms with van der Waals surface area (Å²) in [5.41, 5.74) is 0.672. The number of likely N-dealkylation sites (N-methyl/N-ethyl adjacent to an activating group) is 1. The van der Waals surface area contributed by atoms with E-state index in [1.807, 2.05) is 30.3 Å². The fourth-order valence-electron chi connectivity index (χ4n) is 7.00. The first-order valence-corrected chi connectivity index (χ1v) is 13.6. The van der Waals surface area contributed by atoms with Crippen LogP contribution in [-0.4, -0.2) is 42.9 Å². The lowest BCUT2D eigenvalue weighted by Crippen LogP contribution is -2.49. The molecule has 2 heterocycles. The highest BCUT2D eigenvalue weighted by molar-refractivity contribution is 6.33. The summed E-state index contributed by atoms with van der Waals surface area (Å²) >= 11 is 6.66. The first-order valence-electron chi connectivity index (χ1n) is 13.2. The first-order chi connectivity index (χ1) is 18.2. The molecule has 5 atom stereocenters. The van der Waals surface area contributed by atoms with Gasteiger partial charge in [0, 0.05) is 47.2 Å². The molecule has 0 radical (unpaired) electrons. The van der Waals surface area contributed by atoms with E-state index in [0.29, 0.717) is 23.3 Å². The molecule has 4 aliphatic rings. The van der Waals surface area contributed by atoms with Crippen molar-refractivity contribution >= 4 is 23.1 Å². The average Bonchev–Trinajstić information content (AvgIpc) is 3.64. The number of rotatable bonds is 4. The Hall–Kier alpha value is -2.74. The molecular formula is C30H31ClF2N2O3. The van der Waals surface area contributed by atoms with Gasteiger partial charge >= 0.3 is 0 Å². The van der Waals surface area contributed by atoms with Crippen LogP contribution in [0.3, 0.4) is 0 Å². The number of nitrogens with one attached hydrogen (secondary N) is 2. The van der Waals surface area contributed by atoms with Gasteiger partial charge in [0.25, 0.3) is 5.91 Å². The van der Waals surface area contributed by atoms with E-state index in [-0.39, 0.29) is 40.6 Å². The molecule has 0 spiro atoms. The Kier molecular flexibility index (Phi) is 6.17. The number of hydrogen-bond donors (Lipinski definition) is 3. The van der Waals surface area contributed by atoms with Crippen LogP contribution in [0.15, 0.2) is 53.6 Å². The van der Waals surface area contributed by atoms with E-state index >= 15 is 8.78 Å². The van der Waals surface area contributed by atoms with Crippen LogP contribution in [0.1, 0.15) is 49.3 Å². The molecule has 3 unspecified atom stereocenters. The van der Waals surface area contributed by atoms with Crippen LogP contribution < -0.4 is 15.4 Å². The molecule has 1 amide bonds. The van der Waals surface area contributed by atoms with Crippen LogP contribution in [0, 0.1) is 11.2 Å². The fourth-order valence-corrected chi connectivity index (χ4v) is 7.27. The molecule has 6 rings (SSSR count). The molecule has 0 bridgehead atoms. The molecule has 2 fully saturated rings. The Morgan fingerprint density at radius 2 is 2.05 bits per heavy atom. The minimum atomic E-state index is -1.67. The summed E-state index contributed by atoms with van der Waals surface area (Å²) in [4.78, 5) is 13.1. The Balaban J connectivity index is 1.58.